The molecule has 0 aromatic heterocycles. The average Bonchev–Trinajstić information content (AvgIpc) is 2.74. The summed E-state index contributed by atoms with van der Waals surface area (Å²) in [5.41, 5.74) is 1.17. The molecule has 1 aliphatic carbocycles. The Kier molecular flexibility index (Phi) is 3.83. The van der Waals surface area contributed by atoms with Gasteiger partial charge in [-0.05, 0) is 42.9 Å². The molecule has 88 valence electrons. The molecule has 2 unspecified atom stereocenters. The molecule has 2 N–H and O–H groups in total. The van der Waals surface area contributed by atoms with Gasteiger partial charge in [-0.15, -0.1) is 0 Å². The van der Waals surface area contributed by atoms with E-state index < -0.39 is 0 Å². The lowest BCUT2D eigenvalue weighted by Crippen LogP contribution is -2.25. The summed E-state index contributed by atoms with van der Waals surface area (Å²) < 4.78 is 0. The molecule has 2 atom stereocenters. The molecule has 0 aliphatic heterocycles. The van der Waals surface area contributed by atoms with Crippen LogP contribution < -0.4 is 5.32 Å². The summed E-state index contributed by atoms with van der Waals surface area (Å²) in [5.74, 6) is 1.28. The van der Waals surface area contributed by atoms with Crippen molar-refractivity contribution in [2.24, 2.45) is 5.92 Å². The third kappa shape index (κ3) is 2.99. The molecule has 2 heteroatoms. The van der Waals surface area contributed by atoms with Gasteiger partial charge in [-0.25, -0.2) is 0 Å². The average molecular weight is 219 g/mol. The third-order valence-corrected chi connectivity index (χ3v) is 3.62. The molecule has 1 aromatic carbocycles. The molecule has 0 spiro atoms. The number of phenols is 1. The zero-order valence-electron chi connectivity index (χ0n) is 9.95. The molecular formula is C14H21NO. The maximum Gasteiger partial charge on any atom is 0.115 e. The Morgan fingerprint density at radius 3 is 2.94 bits per heavy atom. The zero-order chi connectivity index (χ0) is 11.4. The molecule has 1 saturated carbocycles. The van der Waals surface area contributed by atoms with Crippen LogP contribution in [0.4, 0.5) is 0 Å². The third-order valence-electron chi connectivity index (χ3n) is 3.62. The highest BCUT2D eigenvalue weighted by molar-refractivity contribution is 5.26. The molecule has 0 heterocycles. The lowest BCUT2D eigenvalue weighted by molar-refractivity contribution is 0.467. The molecule has 1 aliphatic rings. The van der Waals surface area contributed by atoms with Crippen molar-refractivity contribution in [3.05, 3.63) is 29.8 Å². The van der Waals surface area contributed by atoms with E-state index in [4.69, 9.17) is 0 Å². The van der Waals surface area contributed by atoms with Gasteiger partial charge in [-0.1, -0.05) is 25.5 Å². The number of phenolic OH excluding ortho intramolecular Hbond substituents is 1. The molecule has 0 saturated heterocycles. The van der Waals surface area contributed by atoms with Gasteiger partial charge in [0.05, 0.1) is 0 Å². The first-order chi connectivity index (χ1) is 7.78. The van der Waals surface area contributed by atoms with Gasteiger partial charge >= 0.3 is 0 Å². The Bertz CT molecular complexity index is 337. The van der Waals surface area contributed by atoms with E-state index in [1.54, 1.807) is 6.07 Å². The van der Waals surface area contributed by atoms with Crippen molar-refractivity contribution in [2.45, 2.75) is 45.2 Å². The SMILES string of the molecule is CCC1CCC(NCc2cccc(O)c2)C1. The van der Waals surface area contributed by atoms with E-state index in [9.17, 15) is 5.11 Å². The summed E-state index contributed by atoms with van der Waals surface area (Å²) in [6.45, 7) is 3.15. The van der Waals surface area contributed by atoms with Crippen LogP contribution >= 0.6 is 0 Å². The van der Waals surface area contributed by atoms with Crippen LogP contribution in [-0.4, -0.2) is 11.1 Å². The molecule has 1 aromatic rings. The maximum atomic E-state index is 9.36. The number of benzene rings is 1. The van der Waals surface area contributed by atoms with E-state index in [1.165, 1.54) is 31.2 Å². The molecule has 0 bridgehead atoms. The van der Waals surface area contributed by atoms with Crippen LogP contribution in [0, 0.1) is 5.92 Å². The summed E-state index contributed by atoms with van der Waals surface area (Å²) in [4.78, 5) is 0. The smallest absolute Gasteiger partial charge is 0.115 e. The van der Waals surface area contributed by atoms with Crippen molar-refractivity contribution in [2.75, 3.05) is 0 Å². The second-order valence-electron chi connectivity index (χ2n) is 4.84. The summed E-state index contributed by atoms with van der Waals surface area (Å²) >= 11 is 0. The number of hydrogen-bond donors (Lipinski definition) is 2. The Labute approximate surface area is 97.7 Å². The van der Waals surface area contributed by atoms with Gasteiger partial charge in [0.25, 0.3) is 0 Å². The number of rotatable bonds is 4. The molecule has 1 fully saturated rings. The van der Waals surface area contributed by atoms with Crippen molar-refractivity contribution in [1.29, 1.82) is 0 Å². The highest BCUT2D eigenvalue weighted by Crippen LogP contribution is 2.28. The van der Waals surface area contributed by atoms with Gasteiger partial charge in [-0.3, -0.25) is 0 Å². The van der Waals surface area contributed by atoms with Crippen LogP contribution in [0.5, 0.6) is 5.75 Å². The molecule has 0 amide bonds. The fourth-order valence-electron chi connectivity index (χ4n) is 2.56. The highest BCUT2D eigenvalue weighted by Gasteiger charge is 2.22. The second-order valence-corrected chi connectivity index (χ2v) is 4.84. The van der Waals surface area contributed by atoms with E-state index in [2.05, 4.69) is 18.3 Å². The summed E-state index contributed by atoms with van der Waals surface area (Å²) in [6.07, 6.45) is 5.30. The van der Waals surface area contributed by atoms with Crippen LogP contribution in [-0.2, 0) is 6.54 Å². The minimum absolute atomic E-state index is 0.358. The second kappa shape index (κ2) is 5.35. The van der Waals surface area contributed by atoms with Gasteiger partial charge in [0.15, 0.2) is 0 Å². The quantitative estimate of drug-likeness (QED) is 0.815. The first-order valence-corrected chi connectivity index (χ1v) is 6.29. The molecule has 0 radical (unpaired) electrons. The van der Waals surface area contributed by atoms with Crippen molar-refractivity contribution in [3.63, 3.8) is 0 Å². The van der Waals surface area contributed by atoms with Gasteiger partial charge in [0.2, 0.25) is 0 Å². The zero-order valence-corrected chi connectivity index (χ0v) is 9.95. The fourth-order valence-corrected chi connectivity index (χ4v) is 2.56. The first kappa shape index (κ1) is 11.5. The normalized spacial score (nSPS) is 24.8. The topological polar surface area (TPSA) is 32.3 Å². The standard InChI is InChI=1S/C14H21NO/c1-2-11-6-7-13(8-11)15-10-12-4-3-5-14(16)9-12/h3-5,9,11,13,15-16H,2,6-8,10H2,1H3. The lowest BCUT2D eigenvalue weighted by Gasteiger charge is -2.12. The monoisotopic (exact) mass is 219 g/mol. The van der Waals surface area contributed by atoms with E-state index in [1.807, 2.05) is 12.1 Å². The van der Waals surface area contributed by atoms with E-state index in [0.717, 1.165) is 12.5 Å². The van der Waals surface area contributed by atoms with Crippen LogP contribution in [0.3, 0.4) is 0 Å². The number of aromatic hydroxyl groups is 1. The van der Waals surface area contributed by atoms with Crippen LogP contribution in [0.25, 0.3) is 0 Å². The molecule has 16 heavy (non-hydrogen) atoms. The Balaban J connectivity index is 1.80. The van der Waals surface area contributed by atoms with Gasteiger partial charge in [-0.2, -0.15) is 0 Å². The predicted octanol–water partition coefficient (Wildman–Crippen LogP) is 3.06. The molecule has 2 rings (SSSR count). The molecule has 2 nitrogen and oxygen atoms in total. The summed E-state index contributed by atoms with van der Waals surface area (Å²) in [7, 11) is 0. The number of nitrogens with one attached hydrogen (secondary N) is 1. The van der Waals surface area contributed by atoms with E-state index in [-0.39, 0.29) is 0 Å². The Hall–Kier alpha value is -1.02. The van der Waals surface area contributed by atoms with Crippen molar-refractivity contribution in [1.82, 2.24) is 5.32 Å². The van der Waals surface area contributed by atoms with Gasteiger partial charge < -0.3 is 10.4 Å². The van der Waals surface area contributed by atoms with Crippen molar-refractivity contribution >= 4 is 0 Å². The molecular weight excluding hydrogens is 198 g/mol. The van der Waals surface area contributed by atoms with Crippen LogP contribution in [0.15, 0.2) is 24.3 Å². The van der Waals surface area contributed by atoms with Crippen molar-refractivity contribution < 1.29 is 5.11 Å². The van der Waals surface area contributed by atoms with E-state index in [0.29, 0.717) is 11.8 Å². The minimum atomic E-state index is 0.358. The van der Waals surface area contributed by atoms with E-state index >= 15 is 0 Å². The van der Waals surface area contributed by atoms with Gasteiger partial charge in [0.1, 0.15) is 5.75 Å². The van der Waals surface area contributed by atoms with Crippen LogP contribution in [0.1, 0.15) is 38.2 Å². The predicted molar refractivity (Wildman–Crippen MR) is 66.4 cm³/mol. The maximum absolute atomic E-state index is 9.36. The fraction of sp³-hybridized carbons (Fsp3) is 0.571. The Morgan fingerprint density at radius 1 is 1.38 bits per heavy atom. The first-order valence-electron chi connectivity index (χ1n) is 6.29. The minimum Gasteiger partial charge on any atom is -0.508 e. The lowest BCUT2D eigenvalue weighted by atomic mass is 10.1. The highest BCUT2D eigenvalue weighted by atomic mass is 16.3. The summed E-state index contributed by atoms with van der Waals surface area (Å²) in [6, 6.07) is 8.17. The largest absolute Gasteiger partial charge is 0.508 e. The Morgan fingerprint density at radius 2 is 2.25 bits per heavy atom. The van der Waals surface area contributed by atoms with Crippen molar-refractivity contribution in [3.8, 4) is 5.75 Å². The van der Waals surface area contributed by atoms with Gasteiger partial charge in [0, 0.05) is 12.6 Å². The summed E-state index contributed by atoms with van der Waals surface area (Å²) in [5, 5.41) is 12.9. The number of hydrogen-bond acceptors (Lipinski definition) is 2. The van der Waals surface area contributed by atoms with Crippen LogP contribution in [0.2, 0.25) is 0 Å².